The molecule has 1 atom stereocenters. The van der Waals surface area contributed by atoms with Gasteiger partial charge in [0.25, 0.3) is 0 Å². The van der Waals surface area contributed by atoms with Gasteiger partial charge in [0, 0.05) is 18.9 Å². The van der Waals surface area contributed by atoms with Crippen molar-refractivity contribution in [1.29, 1.82) is 0 Å². The Morgan fingerprint density at radius 2 is 2.16 bits per heavy atom. The number of rotatable bonds is 4. The minimum absolute atomic E-state index is 0.188. The van der Waals surface area contributed by atoms with Crippen molar-refractivity contribution in [2.45, 2.75) is 25.2 Å². The Morgan fingerprint density at radius 3 is 2.95 bits per heavy atom. The highest BCUT2D eigenvalue weighted by molar-refractivity contribution is 5.17. The second kappa shape index (κ2) is 5.48. The van der Waals surface area contributed by atoms with Gasteiger partial charge in [0.05, 0.1) is 6.61 Å². The van der Waals surface area contributed by atoms with Gasteiger partial charge in [0.15, 0.2) is 5.82 Å². The smallest absolute Gasteiger partial charge is 0.226 e. The third kappa shape index (κ3) is 2.81. The molecule has 2 aromatic rings. The van der Waals surface area contributed by atoms with Crippen LogP contribution in [0, 0.1) is 5.82 Å². The number of aromatic nitrogens is 2. The van der Waals surface area contributed by atoms with Gasteiger partial charge in [-0.05, 0) is 24.5 Å². The molecule has 4 nitrogen and oxygen atoms in total. The molecular formula is C14H15FN2O2. The van der Waals surface area contributed by atoms with Gasteiger partial charge in [-0.25, -0.2) is 4.39 Å². The molecule has 0 aliphatic carbocycles. The molecule has 19 heavy (non-hydrogen) atoms. The van der Waals surface area contributed by atoms with Crippen LogP contribution in [-0.4, -0.2) is 23.4 Å². The van der Waals surface area contributed by atoms with E-state index >= 15 is 0 Å². The van der Waals surface area contributed by atoms with E-state index in [0.29, 0.717) is 36.7 Å². The molecule has 0 radical (unpaired) electrons. The fourth-order valence-electron chi connectivity index (χ4n) is 2.22. The molecule has 3 rings (SSSR count). The summed E-state index contributed by atoms with van der Waals surface area (Å²) in [7, 11) is 0. The molecule has 1 aliphatic rings. The van der Waals surface area contributed by atoms with Crippen molar-refractivity contribution in [2.75, 3.05) is 13.2 Å². The minimum atomic E-state index is -0.188. The summed E-state index contributed by atoms with van der Waals surface area (Å²) >= 11 is 0. The van der Waals surface area contributed by atoms with Crippen molar-refractivity contribution in [1.82, 2.24) is 10.1 Å². The van der Waals surface area contributed by atoms with Gasteiger partial charge >= 0.3 is 0 Å². The molecule has 0 unspecified atom stereocenters. The summed E-state index contributed by atoms with van der Waals surface area (Å²) in [6.07, 6.45) is 2.06. The fraction of sp³-hybridized carbons (Fsp3) is 0.429. The van der Waals surface area contributed by atoms with E-state index < -0.39 is 0 Å². The standard InChI is InChI=1S/C14H15FN2O2/c15-12-4-2-1-3-10(12)5-6-13-16-14(17-19-13)11-7-8-18-9-11/h1-4,11H,5-9H2/t11-/m1/s1. The maximum Gasteiger partial charge on any atom is 0.226 e. The molecule has 1 aromatic carbocycles. The lowest BCUT2D eigenvalue weighted by Crippen LogP contribution is -2.00. The summed E-state index contributed by atoms with van der Waals surface area (Å²) in [6.45, 7) is 1.41. The van der Waals surface area contributed by atoms with Gasteiger partial charge in [-0.3, -0.25) is 0 Å². The topological polar surface area (TPSA) is 48.2 Å². The molecule has 1 aromatic heterocycles. The zero-order valence-corrected chi connectivity index (χ0v) is 10.5. The average molecular weight is 262 g/mol. The molecule has 0 N–H and O–H groups in total. The monoisotopic (exact) mass is 262 g/mol. The first kappa shape index (κ1) is 12.3. The Bertz CT molecular complexity index is 550. The molecule has 0 amide bonds. The molecule has 2 heterocycles. The summed E-state index contributed by atoms with van der Waals surface area (Å²) in [6, 6.07) is 6.75. The van der Waals surface area contributed by atoms with E-state index in [1.165, 1.54) is 6.07 Å². The van der Waals surface area contributed by atoms with Crippen molar-refractivity contribution in [3.8, 4) is 0 Å². The highest BCUT2D eigenvalue weighted by Crippen LogP contribution is 2.22. The number of nitrogens with zero attached hydrogens (tertiary/aromatic N) is 2. The second-order valence-electron chi connectivity index (χ2n) is 4.70. The average Bonchev–Trinajstić information content (AvgIpc) is 3.09. The first-order valence-electron chi connectivity index (χ1n) is 6.46. The van der Waals surface area contributed by atoms with E-state index in [-0.39, 0.29) is 11.7 Å². The zero-order valence-electron chi connectivity index (χ0n) is 10.5. The molecule has 0 bridgehead atoms. The molecule has 1 saturated heterocycles. The zero-order chi connectivity index (χ0) is 13.1. The first-order valence-corrected chi connectivity index (χ1v) is 6.46. The van der Waals surface area contributed by atoms with Crippen LogP contribution in [-0.2, 0) is 17.6 Å². The first-order chi connectivity index (χ1) is 9.33. The van der Waals surface area contributed by atoms with Crippen LogP contribution in [0.4, 0.5) is 4.39 Å². The predicted octanol–water partition coefficient (Wildman–Crippen LogP) is 2.50. The Labute approximate surface area is 110 Å². The summed E-state index contributed by atoms with van der Waals surface area (Å²) in [5.74, 6) is 1.32. The fourth-order valence-corrected chi connectivity index (χ4v) is 2.22. The van der Waals surface area contributed by atoms with Crippen LogP contribution in [0.3, 0.4) is 0 Å². The Morgan fingerprint density at radius 1 is 1.26 bits per heavy atom. The van der Waals surface area contributed by atoms with Gasteiger partial charge in [0.1, 0.15) is 5.82 Å². The maximum absolute atomic E-state index is 13.5. The van der Waals surface area contributed by atoms with Gasteiger partial charge in [0.2, 0.25) is 5.89 Å². The van der Waals surface area contributed by atoms with E-state index in [1.54, 1.807) is 12.1 Å². The highest BCUT2D eigenvalue weighted by Gasteiger charge is 2.22. The van der Waals surface area contributed by atoms with Crippen LogP contribution < -0.4 is 0 Å². The van der Waals surface area contributed by atoms with Crippen molar-refractivity contribution in [3.63, 3.8) is 0 Å². The largest absolute Gasteiger partial charge is 0.381 e. The molecule has 5 heteroatoms. The van der Waals surface area contributed by atoms with E-state index in [0.717, 1.165) is 13.0 Å². The molecule has 0 saturated carbocycles. The van der Waals surface area contributed by atoms with E-state index in [4.69, 9.17) is 9.26 Å². The van der Waals surface area contributed by atoms with Gasteiger partial charge < -0.3 is 9.26 Å². The van der Waals surface area contributed by atoms with E-state index in [9.17, 15) is 4.39 Å². The van der Waals surface area contributed by atoms with Gasteiger partial charge in [-0.2, -0.15) is 4.98 Å². The lowest BCUT2D eigenvalue weighted by Gasteiger charge is -2.00. The number of halogens is 1. The Kier molecular flexibility index (Phi) is 3.55. The van der Waals surface area contributed by atoms with Crippen molar-refractivity contribution < 1.29 is 13.7 Å². The predicted molar refractivity (Wildman–Crippen MR) is 66.3 cm³/mol. The third-order valence-corrected chi connectivity index (χ3v) is 3.34. The number of hydrogen-bond acceptors (Lipinski definition) is 4. The molecule has 1 aliphatic heterocycles. The lowest BCUT2D eigenvalue weighted by atomic mass is 10.1. The van der Waals surface area contributed by atoms with Crippen LogP contribution in [0.1, 0.15) is 29.6 Å². The number of aryl methyl sites for hydroxylation is 2. The Balaban J connectivity index is 1.63. The van der Waals surface area contributed by atoms with Crippen LogP contribution in [0.2, 0.25) is 0 Å². The van der Waals surface area contributed by atoms with Crippen molar-refractivity contribution in [2.24, 2.45) is 0 Å². The summed E-state index contributed by atoms with van der Waals surface area (Å²) < 4.78 is 24.0. The Hall–Kier alpha value is -1.75. The van der Waals surface area contributed by atoms with Crippen LogP contribution in [0.15, 0.2) is 28.8 Å². The second-order valence-corrected chi connectivity index (χ2v) is 4.70. The minimum Gasteiger partial charge on any atom is -0.381 e. The van der Waals surface area contributed by atoms with E-state index in [2.05, 4.69) is 10.1 Å². The SMILES string of the molecule is Fc1ccccc1CCc1nc([C@@H]2CCOC2)no1. The van der Waals surface area contributed by atoms with Crippen LogP contribution >= 0.6 is 0 Å². The third-order valence-electron chi connectivity index (χ3n) is 3.34. The van der Waals surface area contributed by atoms with Crippen molar-refractivity contribution in [3.05, 3.63) is 47.4 Å². The normalized spacial score (nSPS) is 18.9. The quantitative estimate of drug-likeness (QED) is 0.849. The maximum atomic E-state index is 13.5. The highest BCUT2D eigenvalue weighted by atomic mass is 19.1. The molecule has 100 valence electrons. The number of benzene rings is 1. The summed E-state index contributed by atoms with van der Waals surface area (Å²) in [4.78, 5) is 4.36. The molecule has 0 spiro atoms. The van der Waals surface area contributed by atoms with Gasteiger partial charge in [-0.15, -0.1) is 0 Å². The molecular weight excluding hydrogens is 247 g/mol. The molecule has 1 fully saturated rings. The summed E-state index contributed by atoms with van der Waals surface area (Å²) in [5.41, 5.74) is 0.673. The van der Waals surface area contributed by atoms with Gasteiger partial charge in [-0.1, -0.05) is 23.4 Å². The number of hydrogen-bond donors (Lipinski definition) is 0. The summed E-state index contributed by atoms with van der Waals surface area (Å²) in [5, 5.41) is 3.97. The number of ether oxygens (including phenoxy) is 1. The van der Waals surface area contributed by atoms with Crippen molar-refractivity contribution >= 4 is 0 Å². The lowest BCUT2D eigenvalue weighted by molar-refractivity contribution is 0.192. The van der Waals surface area contributed by atoms with Crippen LogP contribution in [0.5, 0.6) is 0 Å². The van der Waals surface area contributed by atoms with E-state index in [1.807, 2.05) is 6.07 Å². The van der Waals surface area contributed by atoms with Crippen LogP contribution in [0.25, 0.3) is 0 Å².